The van der Waals surface area contributed by atoms with E-state index in [0.717, 1.165) is 16.3 Å². The summed E-state index contributed by atoms with van der Waals surface area (Å²) in [5, 5.41) is 4.85. The number of carbonyl (C=O) groups excluding carboxylic acids is 1. The summed E-state index contributed by atoms with van der Waals surface area (Å²) in [6.45, 7) is 0.393. The molecule has 3 rings (SSSR count). The van der Waals surface area contributed by atoms with E-state index in [1.807, 2.05) is 48.0 Å². The van der Waals surface area contributed by atoms with Gasteiger partial charge in [0.1, 0.15) is 12.4 Å². The number of amides is 1. The van der Waals surface area contributed by atoms with E-state index in [9.17, 15) is 4.79 Å². The lowest BCUT2D eigenvalue weighted by atomic mass is 10.2. The van der Waals surface area contributed by atoms with E-state index in [-0.39, 0.29) is 5.91 Å². The minimum atomic E-state index is -0.160. The van der Waals surface area contributed by atoms with Crippen molar-refractivity contribution in [1.29, 1.82) is 0 Å². The highest BCUT2D eigenvalue weighted by Gasteiger charge is 2.08. The summed E-state index contributed by atoms with van der Waals surface area (Å²) >= 11 is 3.17. The van der Waals surface area contributed by atoms with Gasteiger partial charge < -0.3 is 10.1 Å². The molecule has 0 aliphatic carbocycles. The lowest BCUT2D eigenvalue weighted by Gasteiger charge is -2.09. The van der Waals surface area contributed by atoms with Crippen molar-refractivity contribution in [2.24, 2.45) is 0 Å². The summed E-state index contributed by atoms with van der Waals surface area (Å²) in [5.74, 6) is 0.487. The molecule has 4 nitrogen and oxygen atoms in total. The molecule has 1 aromatic heterocycles. The van der Waals surface area contributed by atoms with Crippen LogP contribution in [-0.2, 0) is 6.61 Å². The average molecular weight is 356 g/mol. The first-order valence-electron chi connectivity index (χ1n) is 7.30. The summed E-state index contributed by atoms with van der Waals surface area (Å²) in [6, 6.07) is 14.9. The van der Waals surface area contributed by atoms with Gasteiger partial charge in [-0.1, -0.05) is 12.1 Å². The highest BCUT2D eigenvalue weighted by molar-refractivity contribution is 7.98. The number of aromatic nitrogens is 1. The SMILES string of the molecule is CSc1cccc(NC(=O)c2cccc(OCc3cscn3)c2)c1. The van der Waals surface area contributed by atoms with Crippen LogP contribution in [0.25, 0.3) is 0 Å². The smallest absolute Gasteiger partial charge is 0.255 e. The second kappa shape index (κ2) is 7.99. The Morgan fingerprint density at radius 3 is 2.92 bits per heavy atom. The molecule has 0 bridgehead atoms. The number of thiazole rings is 1. The third-order valence-corrected chi connectivity index (χ3v) is 4.65. The summed E-state index contributed by atoms with van der Waals surface area (Å²) in [5.41, 5.74) is 3.98. The van der Waals surface area contributed by atoms with Crippen molar-refractivity contribution in [2.45, 2.75) is 11.5 Å². The van der Waals surface area contributed by atoms with Crippen molar-refractivity contribution in [3.05, 3.63) is 70.7 Å². The van der Waals surface area contributed by atoms with Gasteiger partial charge >= 0.3 is 0 Å². The second-order valence-electron chi connectivity index (χ2n) is 4.98. The number of benzene rings is 2. The lowest BCUT2D eigenvalue weighted by Crippen LogP contribution is -2.12. The molecule has 0 spiro atoms. The van der Waals surface area contributed by atoms with Crippen LogP contribution in [0.2, 0.25) is 0 Å². The van der Waals surface area contributed by atoms with Gasteiger partial charge in [-0.15, -0.1) is 23.1 Å². The minimum absolute atomic E-state index is 0.160. The van der Waals surface area contributed by atoms with Gasteiger partial charge in [-0.3, -0.25) is 4.79 Å². The summed E-state index contributed by atoms with van der Waals surface area (Å²) in [7, 11) is 0. The van der Waals surface area contributed by atoms with E-state index in [2.05, 4.69) is 10.3 Å². The van der Waals surface area contributed by atoms with Crippen molar-refractivity contribution in [2.75, 3.05) is 11.6 Å². The molecule has 1 N–H and O–H groups in total. The highest BCUT2D eigenvalue weighted by Crippen LogP contribution is 2.20. The zero-order valence-electron chi connectivity index (χ0n) is 13.1. The number of anilines is 1. The Morgan fingerprint density at radius 2 is 2.12 bits per heavy atom. The van der Waals surface area contributed by atoms with Crippen molar-refractivity contribution in [3.8, 4) is 5.75 Å². The number of hydrogen-bond acceptors (Lipinski definition) is 5. The zero-order valence-corrected chi connectivity index (χ0v) is 14.7. The van der Waals surface area contributed by atoms with Gasteiger partial charge in [0, 0.05) is 21.5 Å². The number of carbonyl (C=O) groups is 1. The van der Waals surface area contributed by atoms with Gasteiger partial charge in [-0.2, -0.15) is 0 Å². The number of thioether (sulfide) groups is 1. The maximum absolute atomic E-state index is 12.4. The average Bonchev–Trinajstić information content (AvgIpc) is 3.14. The van der Waals surface area contributed by atoms with Crippen LogP contribution in [0.5, 0.6) is 5.75 Å². The lowest BCUT2D eigenvalue weighted by molar-refractivity contribution is 0.102. The third-order valence-electron chi connectivity index (χ3n) is 3.29. The molecule has 3 aromatic rings. The number of hydrogen-bond donors (Lipinski definition) is 1. The molecule has 0 saturated heterocycles. The Labute approximate surface area is 148 Å². The van der Waals surface area contributed by atoms with E-state index < -0.39 is 0 Å². The van der Waals surface area contributed by atoms with Crippen LogP contribution in [0.15, 0.2) is 64.3 Å². The van der Waals surface area contributed by atoms with Gasteiger partial charge in [-0.05, 0) is 42.7 Å². The Kier molecular flexibility index (Phi) is 5.51. The molecule has 1 amide bonds. The highest BCUT2D eigenvalue weighted by atomic mass is 32.2. The Morgan fingerprint density at radius 1 is 1.25 bits per heavy atom. The fourth-order valence-electron chi connectivity index (χ4n) is 2.10. The molecule has 24 heavy (non-hydrogen) atoms. The number of nitrogens with one attached hydrogen (secondary N) is 1. The van der Waals surface area contributed by atoms with E-state index in [1.54, 1.807) is 29.4 Å². The van der Waals surface area contributed by atoms with Gasteiger partial charge in [0.2, 0.25) is 0 Å². The normalized spacial score (nSPS) is 10.4. The topological polar surface area (TPSA) is 51.2 Å². The molecule has 0 fully saturated rings. The third kappa shape index (κ3) is 4.37. The first-order valence-corrected chi connectivity index (χ1v) is 9.47. The predicted octanol–water partition coefficient (Wildman–Crippen LogP) is 4.70. The fourth-order valence-corrected chi connectivity index (χ4v) is 3.10. The van der Waals surface area contributed by atoms with Crippen LogP contribution in [0.4, 0.5) is 5.69 Å². The van der Waals surface area contributed by atoms with E-state index in [1.165, 1.54) is 11.3 Å². The standard InChI is InChI=1S/C18H16N2O2S2/c1-23-17-7-3-5-14(9-17)20-18(21)13-4-2-6-16(8-13)22-10-15-11-24-12-19-15/h2-9,11-12H,10H2,1H3,(H,20,21). The van der Waals surface area contributed by atoms with Crippen LogP contribution in [0.1, 0.15) is 16.1 Å². The van der Waals surface area contributed by atoms with Crippen LogP contribution >= 0.6 is 23.1 Å². The number of rotatable bonds is 6. The maximum Gasteiger partial charge on any atom is 0.255 e. The molecule has 6 heteroatoms. The Hall–Kier alpha value is -2.31. The van der Waals surface area contributed by atoms with Crippen LogP contribution in [0, 0.1) is 0 Å². The van der Waals surface area contributed by atoms with Gasteiger partial charge in [0.05, 0.1) is 11.2 Å². The molecule has 2 aromatic carbocycles. The van der Waals surface area contributed by atoms with Crippen molar-refractivity contribution in [1.82, 2.24) is 4.98 Å². The summed E-state index contributed by atoms with van der Waals surface area (Å²) < 4.78 is 5.69. The quantitative estimate of drug-likeness (QED) is 0.651. The molecule has 1 heterocycles. The van der Waals surface area contributed by atoms with Gasteiger partial charge in [0.15, 0.2) is 0 Å². The number of nitrogens with zero attached hydrogens (tertiary/aromatic N) is 1. The molecule has 0 unspecified atom stereocenters. The molecule has 0 aliphatic heterocycles. The minimum Gasteiger partial charge on any atom is -0.487 e. The Bertz CT molecular complexity index is 819. The zero-order chi connectivity index (χ0) is 16.8. The Balaban J connectivity index is 1.67. The molecule has 122 valence electrons. The van der Waals surface area contributed by atoms with Crippen LogP contribution < -0.4 is 10.1 Å². The van der Waals surface area contributed by atoms with Crippen molar-refractivity contribution >= 4 is 34.7 Å². The van der Waals surface area contributed by atoms with E-state index in [0.29, 0.717) is 17.9 Å². The molecule has 0 aliphatic rings. The van der Waals surface area contributed by atoms with Crippen LogP contribution in [-0.4, -0.2) is 17.1 Å². The summed E-state index contributed by atoms with van der Waals surface area (Å²) in [4.78, 5) is 17.7. The predicted molar refractivity (Wildman–Crippen MR) is 99.1 cm³/mol. The van der Waals surface area contributed by atoms with Crippen LogP contribution in [0.3, 0.4) is 0 Å². The molecule has 0 atom stereocenters. The monoisotopic (exact) mass is 356 g/mol. The molecular formula is C18H16N2O2S2. The fraction of sp³-hybridized carbons (Fsp3) is 0.111. The maximum atomic E-state index is 12.4. The molecular weight excluding hydrogens is 340 g/mol. The summed E-state index contributed by atoms with van der Waals surface area (Å²) in [6.07, 6.45) is 2.00. The van der Waals surface area contributed by atoms with E-state index in [4.69, 9.17) is 4.74 Å². The first kappa shape index (κ1) is 16.5. The molecule has 0 saturated carbocycles. The van der Waals surface area contributed by atoms with E-state index >= 15 is 0 Å². The van der Waals surface area contributed by atoms with Gasteiger partial charge in [-0.25, -0.2) is 4.98 Å². The van der Waals surface area contributed by atoms with Crippen molar-refractivity contribution < 1.29 is 9.53 Å². The second-order valence-corrected chi connectivity index (χ2v) is 6.58. The number of ether oxygens (including phenoxy) is 1. The van der Waals surface area contributed by atoms with Gasteiger partial charge in [0.25, 0.3) is 5.91 Å². The first-order chi connectivity index (χ1) is 11.7. The molecule has 0 radical (unpaired) electrons. The largest absolute Gasteiger partial charge is 0.487 e. The van der Waals surface area contributed by atoms with Crippen molar-refractivity contribution in [3.63, 3.8) is 0 Å².